The molecule has 4 nitrogen and oxygen atoms in total. The van der Waals surface area contributed by atoms with Crippen molar-refractivity contribution in [2.45, 2.75) is 25.6 Å². The number of para-hydroxylation sites is 2. The van der Waals surface area contributed by atoms with E-state index in [2.05, 4.69) is 10.2 Å². The SMILES string of the molecule is O=C(C[C@@H]1COc2ccccc2N1Cc1ccc(F)cc1)NCc1ccc(Cl)cc1. The highest BCUT2D eigenvalue weighted by molar-refractivity contribution is 6.30. The number of ether oxygens (including phenoxy) is 1. The van der Waals surface area contributed by atoms with Crippen molar-refractivity contribution in [2.24, 2.45) is 0 Å². The first kappa shape index (κ1) is 20.2. The van der Waals surface area contributed by atoms with Crippen LogP contribution in [-0.4, -0.2) is 18.6 Å². The summed E-state index contributed by atoms with van der Waals surface area (Å²) < 4.78 is 19.2. The number of fused-ring (bicyclic) bond motifs is 1. The number of hydrogen-bond donors (Lipinski definition) is 1. The first-order valence-corrected chi connectivity index (χ1v) is 10.2. The predicted octanol–water partition coefficient (Wildman–Crippen LogP) is 4.95. The fourth-order valence-corrected chi connectivity index (χ4v) is 3.67. The van der Waals surface area contributed by atoms with Crippen LogP contribution in [0, 0.1) is 5.82 Å². The number of benzene rings is 3. The maximum Gasteiger partial charge on any atom is 0.222 e. The summed E-state index contributed by atoms with van der Waals surface area (Å²) >= 11 is 5.91. The molecule has 6 heteroatoms. The number of amides is 1. The molecule has 0 aliphatic carbocycles. The van der Waals surface area contributed by atoms with Gasteiger partial charge >= 0.3 is 0 Å². The van der Waals surface area contributed by atoms with Crippen molar-refractivity contribution in [1.82, 2.24) is 5.32 Å². The molecule has 1 heterocycles. The van der Waals surface area contributed by atoms with Gasteiger partial charge in [-0.05, 0) is 47.5 Å². The van der Waals surface area contributed by atoms with Gasteiger partial charge in [0.1, 0.15) is 18.2 Å². The normalized spacial score (nSPS) is 15.3. The van der Waals surface area contributed by atoms with Gasteiger partial charge in [-0.3, -0.25) is 4.79 Å². The van der Waals surface area contributed by atoms with Crippen LogP contribution < -0.4 is 15.0 Å². The molecule has 1 aliphatic heterocycles. The minimum atomic E-state index is -0.265. The molecular formula is C24H22ClFN2O2. The van der Waals surface area contributed by atoms with Crippen LogP contribution in [0.1, 0.15) is 17.5 Å². The quantitative estimate of drug-likeness (QED) is 0.608. The van der Waals surface area contributed by atoms with Crippen LogP contribution in [0.15, 0.2) is 72.8 Å². The fourth-order valence-electron chi connectivity index (χ4n) is 3.55. The van der Waals surface area contributed by atoms with Gasteiger partial charge in [0, 0.05) is 18.1 Å². The lowest BCUT2D eigenvalue weighted by atomic mass is 10.1. The summed E-state index contributed by atoms with van der Waals surface area (Å²) in [5, 5.41) is 3.63. The van der Waals surface area contributed by atoms with E-state index in [0.717, 1.165) is 22.6 Å². The summed E-state index contributed by atoms with van der Waals surface area (Å²) in [7, 11) is 0. The van der Waals surface area contributed by atoms with Crippen molar-refractivity contribution in [1.29, 1.82) is 0 Å². The number of rotatable bonds is 6. The average molecular weight is 425 g/mol. The van der Waals surface area contributed by atoms with Crippen LogP contribution in [0.4, 0.5) is 10.1 Å². The molecule has 1 atom stereocenters. The number of nitrogens with one attached hydrogen (secondary N) is 1. The van der Waals surface area contributed by atoms with E-state index in [1.807, 2.05) is 36.4 Å². The van der Waals surface area contributed by atoms with E-state index in [-0.39, 0.29) is 17.8 Å². The van der Waals surface area contributed by atoms with E-state index < -0.39 is 0 Å². The van der Waals surface area contributed by atoms with Gasteiger partial charge in [-0.15, -0.1) is 0 Å². The maximum atomic E-state index is 13.3. The second kappa shape index (κ2) is 9.18. The molecule has 0 saturated carbocycles. The highest BCUT2D eigenvalue weighted by Gasteiger charge is 2.29. The van der Waals surface area contributed by atoms with Crippen LogP contribution in [0.3, 0.4) is 0 Å². The molecule has 0 aromatic heterocycles. The Hall–Kier alpha value is -3.05. The second-order valence-corrected chi connectivity index (χ2v) is 7.73. The Morgan fingerprint density at radius 2 is 1.73 bits per heavy atom. The Bertz CT molecular complexity index is 1010. The monoisotopic (exact) mass is 424 g/mol. The molecule has 1 N–H and O–H groups in total. The van der Waals surface area contributed by atoms with E-state index in [1.54, 1.807) is 24.3 Å². The highest BCUT2D eigenvalue weighted by atomic mass is 35.5. The van der Waals surface area contributed by atoms with Gasteiger partial charge in [0.2, 0.25) is 5.91 Å². The Morgan fingerprint density at radius 3 is 2.50 bits per heavy atom. The molecule has 30 heavy (non-hydrogen) atoms. The van der Waals surface area contributed by atoms with Gasteiger partial charge in [-0.1, -0.05) is 48.0 Å². The molecule has 154 valence electrons. The van der Waals surface area contributed by atoms with Gasteiger partial charge in [0.05, 0.1) is 18.2 Å². The molecule has 0 fully saturated rings. The molecule has 3 aromatic rings. The number of anilines is 1. The second-order valence-electron chi connectivity index (χ2n) is 7.29. The van der Waals surface area contributed by atoms with E-state index in [9.17, 15) is 9.18 Å². The van der Waals surface area contributed by atoms with Crippen LogP contribution in [0.5, 0.6) is 5.75 Å². The van der Waals surface area contributed by atoms with Crippen molar-refractivity contribution in [3.8, 4) is 5.75 Å². The average Bonchev–Trinajstić information content (AvgIpc) is 2.76. The number of halogens is 2. The Kier molecular flexibility index (Phi) is 6.19. The molecule has 1 amide bonds. The summed E-state index contributed by atoms with van der Waals surface area (Å²) in [6.45, 7) is 1.42. The summed E-state index contributed by atoms with van der Waals surface area (Å²) in [5.74, 6) is 0.471. The van der Waals surface area contributed by atoms with Crippen molar-refractivity contribution in [3.05, 3.63) is 94.8 Å². The topological polar surface area (TPSA) is 41.6 Å². The van der Waals surface area contributed by atoms with Crippen LogP contribution in [0.25, 0.3) is 0 Å². The first-order valence-electron chi connectivity index (χ1n) is 9.82. The molecular weight excluding hydrogens is 403 g/mol. The lowest BCUT2D eigenvalue weighted by Crippen LogP contribution is -2.45. The summed E-state index contributed by atoms with van der Waals surface area (Å²) in [5.41, 5.74) is 2.89. The number of nitrogens with zero attached hydrogens (tertiary/aromatic N) is 1. The van der Waals surface area contributed by atoms with E-state index >= 15 is 0 Å². The maximum absolute atomic E-state index is 13.3. The molecule has 0 saturated heterocycles. The Balaban J connectivity index is 1.46. The lowest BCUT2D eigenvalue weighted by molar-refractivity contribution is -0.121. The largest absolute Gasteiger partial charge is 0.489 e. The standard InChI is InChI=1S/C24H22ClFN2O2/c25-19-9-5-17(6-10-19)14-27-24(29)13-21-16-30-23-4-2-1-3-22(23)28(21)15-18-7-11-20(26)12-8-18/h1-12,21H,13-16H2,(H,27,29)/t21-/m1/s1. The number of carbonyl (C=O) groups is 1. The van der Waals surface area contributed by atoms with Gasteiger partial charge in [-0.25, -0.2) is 4.39 Å². The molecule has 3 aromatic carbocycles. The summed E-state index contributed by atoms with van der Waals surface area (Å²) in [4.78, 5) is 14.8. The lowest BCUT2D eigenvalue weighted by Gasteiger charge is -2.38. The number of hydrogen-bond acceptors (Lipinski definition) is 3. The minimum absolute atomic E-state index is 0.0537. The predicted molar refractivity (Wildman–Crippen MR) is 116 cm³/mol. The Morgan fingerprint density at radius 1 is 1.03 bits per heavy atom. The first-order chi connectivity index (χ1) is 14.6. The minimum Gasteiger partial charge on any atom is -0.489 e. The Labute approximate surface area is 180 Å². The van der Waals surface area contributed by atoms with Gasteiger partial charge in [0.25, 0.3) is 0 Å². The van der Waals surface area contributed by atoms with Gasteiger partial charge < -0.3 is 15.0 Å². The van der Waals surface area contributed by atoms with Crippen LogP contribution in [-0.2, 0) is 17.9 Å². The zero-order chi connectivity index (χ0) is 20.9. The van der Waals surface area contributed by atoms with Crippen molar-refractivity contribution >= 4 is 23.2 Å². The molecule has 4 rings (SSSR count). The zero-order valence-electron chi connectivity index (χ0n) is 16.4. The van der Waals surface area contributed by atoms with Gasteiger partial charge in [-0.2, -0.15) is 0 Å². The molecule has 1 aliphatic rings. The third kappa shape index (κ3) is 4.92. The third-order valence-corrected chi connectivity index (χ3v) is 5.39. The smallest absolute Gasteiger partial charge is 0.222 e. The summed E-state index contributed by atoms with van der Waals surface area (Å²) in [6.07, 6.45) is 0.295. The van der Waals surface area contributed by atoms with Crippen LogP contribution in [0.2, 0.25) is 5.02 Å². The highest BCUT2D eigenvalue weighted by Crippen LogP contribution is 2.35. The number of carbonyl (C=O) groups excluding carboxylic acids is 1. The summed E-state index contributed by atoms with van der Waals surface area (Å²) in [6, 6.07) is 21.5. The van der Waals surface area contributed by atoms with Crippen molar-refractivity contribution in [2.75, 3.05) is 11.5 Å². The van der Waals surface area contributed by atoms with E-state index in [0.29, 0.717) is 31.1 Å². The molecule has 0 spiro atoms. The van der Waals surface area contributed by atoms with Crippen molar-refractivity contribution in [3.63, 3.8) is 0 Å². The zero-order valence-corrected chi connectivity index (χ0v) is 17.1. The van der Waals surface area contributed by atoms with Crippen molar-refractivity contribution < 1.29 is 13.9 Å². The third-order valence-electron chi connectivity index (χ3n) is 5.14. The molecule has 0 radical (unpaired) electrons. The molecule has 0 bridgehead atoms. The van der Waals surface area contributed by atoms with E-state index in [1.165, 1.54) is 12.1 Å². The van der Waals surface area contributed by atoms with Gasteiger partial charge in [0.15, 0.2) is 0 Å². The fraction of sp³-hybridized carbons (Fsp3) is 0.208. The van der Waals surface area contributed by atoms with E-state index in [4.69, 9.17) is 16.3 Å². The molecule has 0 unspecified atom stereocenters. The van der Waals surface area contributed by atoms with Crippen LogP contribution >= 0.6 is 11.6 Å².